The van der Waals surface area contributed by atoms with Crippen LogP contribution >= 0.6 is 0 Å². The number of hydrogen-bond acceptors (Lipinski definition) is 2. The lowest BCUT2D eigenvalue weighted by atomic mass is 9.94. The molecule has 0 saturated carbocycles. The molecule has 1 fully saturated rings. The van der Waals surface area contributed by atoms with Crippen molar-refractivity contribution in [3.8, 4) is 0 Å². The van der Waals surface area contributed by atoms with E-state index in [0.717, 1.165) is 18.0 Å². The van der Waals surface area contributed by atoms with Crippen LogP contribution in [0.15, 0.2) is 24.3 Å². The number of nitrogens with zero attached hydrogens (tertiary/aromatic N) is 1. The van der Waals surface area contributed by atoms with Crippen LogP contribution in [0, 0.1) is 5.92 Å². The Labute approximate surface area is 97.9 Å². The van der Waals surface area contributed by atoms with Crippen molar-refractivity contribution in [2.75, 3.05) is 13.1 Å². The van der Waals surface area contributed by atoms with Gasteiger partial charge in [0.15, 0.2) is 0 Å². The lowest BCUT2D eigenvalue weighted by molar-refractivity contribution is 0.0859. The summed E-state index contributed by atoms with van der Waals surface area (Å²) in [7, 11) is 0. The fraction of sp³-hybridized carbons (Fsp3) is 0.571. The Balaban J connectivity index is 1.82. The number of rotatable bonds is 5. The molecular weight excluding hydrogens is 198 g/mol. The molecule has 1 saturated heterocycles. The molecule has 2 rings (SSSR count). The van der Waals surface area contributed by atoms with Gasteiger partial charge in [0.1, 0.15) is 0 Å². The Morgan fingerprint density at radius 1 is 1.31 bits per heavy atom. The fourth-order valence-electron chi connectivity index (χ4n) is 2.48. The van der Waals surface area contributed by atoms with Gasteiger partial charge in [0.2, 0.25) is 0 Å². The van der Waals surface area contributed by atoms with Crippen molar-refractivity contribution in [3.63, 3.8) is 0 Å². The molecule has 1 aromatic rings. The van der Waals surface area contributed by atoms with Crippen molar-refractivity contribution in [1.29, 1.82) is 0 Å². The first-order valence-electron chi connectivity index (χ1n) is 6.23. The highest BCUT2D eigenvalue weighted by molar-refractivity contribution is 5.23. The van der Waals surface area contributed by atoms with Gasteiger partial charge < -0.3 is 5.11 Å². The van der Waals surface area contributed by atoms with E-state index in [4.69, 9.17) is 5.11 Å². The predicted molar refractivity (Wildman–Crippen MR) is 66.0 cm³/mol. The van der Waals surface area contributed by atoms with Crippen LogP contribution < -0.4 is 0 Å². The van der Waals surface area contributed by atoms with Gasteiger partial charge in [-0.2, -0.15) is 0 Å². The normalized spacial score (nSPS) is 17.4. The zero-order valence-electron chi connectivity index (χ0n) is 10.0. The summed E-state index contributed by atoms with van der Waals surface area (Å²) < 4.78 is 0. The SMILES string of the molecule is CCCC1CN(Cc2cccc(CO)c2)C1. The van der Waals surface area contributed by atoms with Gasteiger partial charge in [-0.15, -0.1) is 0 Å². The Morgan fingerprint density at radius 2 is 2.06 bits per heavy atom. The Kier molecular flexibility index (Phi) is 3.97. The van der Waals surface area contributed by atoms with Crippen molar-refractivity contribution < 1.29 is 5.11 Å². The van der Waals surface area contributed by atoms with Gasteiger partial charge in [-0.1, -0.05) is 37.6 Å². The first kappa shape index (κ1) is 11.6. The molecule has 1 aliphatic rings. The maximum atomic E-state index is 9.07. The van der Waals surface area contributed by atoms with Crippen molar-refractivity contribution in [2.24, 2.45) is 5.92 Å². The summed E-state index contributed by atoms with van der Waals surface area (Å²) in [6.45, 7) is 5.93. The third kappa shape index (κ3) is 2.83. The molecule has 2 nitrogen and oxygen atoms in total. The van der Waals surface area contributed by atoms with Crippen molar-refractivity contribution in [2.45, 2.75) is 32.9 Å². The summed E-state index contributed by atoms with van der Waals surface area (Å²) in [6.07, 6.45) is 2.67. The molecule has 1 aromatic carbocycles. The largest absolute Gasteiger partial charge is 0.392 e. The second-order valence-corrected chi connectivity index (χ2v) is 4.83. The van der Waals surface area contributed by atoms with Crippen LogP contribution in [0.1, 0.15) is 30.9 Å². The highest BCUT2D eigenvalue weighted by Gasteiger charge is 2.25. The molecule has 0 bridgehead atoms. The highest BCUT2D eigenvalue weighted by Crippen LogP contribution is 2.22. The summed E-state index contributed by atoms with van der Waals surface area (Å²) in [4.78, 5) is 2.48. The van der Waals surface area contributed by atoms with E-state index >= 15 is 0 Å². The summed E-state index contributed by atoms with van der Waals surface area (Å²) in [6, 6.07) is 8.25. The van der Waals surface area contributed by atoms with Crippen LogP contribution in [0.2, 0.25) is 0 Å². The number of benzene rings is 1. The molecule has 0 atom stereocenters. The van der Waals surface area contributed by atoms with E-state index in [-0.39, 0.29) is 6.61 Å². The maximum Gasteiger partial charge on any atom is 0.0681 e. The molecule has 88 valence electrons. The fourth-order valence-corrected chi connectivity index (χ4v) is 2.48. The van der Waals surface area contributed by atoms with Crippen molar-refractivity contribution in [1.82, 2.24) is 4.90 Å². The molecule has 1 heterocycles. The Hall–Kier alpha value is -0.860. The average molecular weight is 219 g/mol. The monoisotopic (exact) mass is 219 g/mol. The third-order valence-corrected chi connectivity index (χ3v) is 3.31. The van der Waals surface area contributed by atoms with E-state index in [1.165, 1.54) is 31.5 Å². The van der Waals surface area contributed by atoms with E-state index in [2.05, 4.69) is 24.0 Å². The van der Waals surface area contributed by atoms with E-state index in [0.29, 0.717) is 0 Å². The van der Waals surface area contributed by atoms with Crippen LogP contribution in [-0.4, -0.2) is 23.1 Å². The summed E-state index contributed by atoms with van der Waals surface area (Å²) >= 11 is 0. The van der Waals surface area contributed by atoms with Gasteiger partial charge in [-0.25, -0.2) is 0 Å². The van der Waals surface area contributed by atoms with Gasteiger partial charge in [0.25, 0.3) is 0 Å². The smallest absolute Gasteiger partial charge is 0.0681 e. The standard InChI is InChI=1S/C14H21NO/c1-2-4-14-9-15(10-14)8-12-5-3-6-13(7-12)11-16/h3,5-7,14,16H,2,4,8-11H2,1H3. The lowest BCUT2D eigenvalue weighted by Crippen LogP contribution is -2.45. The minimum atomic E-state index is 0.145. The van der Waals surface area contributed by atoms with E-state index in [9.17, 15) is 0 Å². The van der Waals surface area contributed by atoms with Crippen LogP contribution in [-0.2, 0) is 13.2 Å². The topological polar surface area (TPSA) is 23.5 Å². The van der Waals surface area contributed by atoms with Gasteiger partial charge in [0.05, 0.1) is 6.61 Å². The highest BCUT2D eigenvalue weighted by atomic mass is 16.3. The average Bonchev–Trinajstić information content (AvgIpc) is 2.27. The molecule has 0 amide bonds. The first-order valence-corrected chi connectivity index (χ1v) is 6.23. The molecule has 0 spiro atoms. The molecule has 2 heteroatoms. The number of hydrogen-bond donors (Lipinski definition) is 1. The van der Waals surface area contributed by atoms with Crippen LogP contribution in [0.25, 0.3) is 0 Å². The van der Waals surface area contributed by atoms with Crippen molar-refractivity contribution in [3.05, 3.63) is 35.4 Å². The number of aliphatic hydroxyl groups excluding tert-OH is 1. The van der Waals surface area contributed by atoms with Gasteiger partial charge in [-0.05, 0) is 23.5 Å². The minimum absolute atomic E-state index is 0.145. The van der Waals surface area contributed by atoms with Crippen LogP contribution in [0.4, 0.5) is 0 Å². The summed E-state index contributed by atoms with van der Waals surface area (Å²) in [5, 5.41) is 9.07. The number of likely N-dealkylation sites (tertiary alicyclic amines) is 1. The Morgan fingerprint density at radius 3 is 2.75 bits per heavy atom. The van der Waals surface area contributed by atoms with Crippen LogP contribution in [0.5, 0.6) is 0 Å². The second-order valence-electron chi connectivity index (χ2n) is 4.83. The quantitative estimate of drug-likeness (QED) is 0.822. The van der Waals surface area contributed by atoms with E-state index < -0.39 is 0 Å². The molecule has 0 aromatic heterocycles. The van der Waals surface area contributed by atoms with Crippen molar-refractivity contribution >= 4 is 0 Å². The van der Waals surface area contributed by atoms with E-state index in [1.807, 2.05) is 12.1 Å². The van der Waals surface area contributed by atoms with Crippen LogP contribution in [0.3, 0.4) is 0 Å². The molecule has 1 N–H and O–H groups in total. The second kappa shape index (κ2) is 5.46. The molecular formula is C14H21NO. The third-order valence-electron chi connectivity index (χ3n) is 3.31. The maximum absolute atomic E-state index is 9.07. The summed E-state index contributed by atoms with van der Waals surface area (Å²) in [5.41, 5.74) is 2.34. The van der Waals surface area contributed by atoms with E-state index in [1.54, 1.807) is 0 Å². The molecule has 1 aliphatic heterocycles. The zero-order chi connectivity index (χ0) is 11.4. The molecule has 0 radical (unpaired) electrons. The first-order chi connectivity index (χ1) is 7.81. The van der Waals surface area contributed by atoms with Gasteiger partial charge in [0, 0.05) is 19.6 Å². The van der Waals surface area contributed by atoms with Gasteiger partial charge in [-0.3, -0.25) is 4.90 Å². The van der Waals surface area contributed by atoms with Gasteiger partial charge >= 0.3 is 0 Å². The minimum Gasteiger partial charge on any atom is -0.392 e. The Bertz CT molecular complexity index is 331. The number of aliphatic hydroxyl groups is 1. The molecule has 0 aliphatic carbocycles. The molecule has 16 heavy (non-hydrogen) atoms. The summed E-state index contributed by atoms with van der Waals surface area (Å²) in [5.74, 6) is 0.922. The predicted octanol–water partition coefficient (Wildman–Crippen LogP) is 2.41. The lowest BCUT2D eigenvalue weighted by Gasteiger charge is -2.39. The molecule has 0 unspecified atom stereocenters. The zero-order valence-corrected chi connectivity index (χ0v) is 10.0.